The second-order valence-electron chi connectivity index (χ2n) is 10.8. The summed E-state index contributed by atoms with van der Waals surface area (Å²) >= 11 is 0. The van der Waals surface area contributed by atoms with Gasteiger partial charge in [-0.15, -0.1) is 0 Å². The van der Waals surface area contributed by atoms with E-state index in [0.717, 1.165) is 0 Å². The number of carbonyl (C=O) groups excluding carboxylic acids is 5. The Morgan fingerprint density at radius 3 is 1.98 bits per heavy atom. The summed E-state index contributed by atoms with van der Waals surface area (Å²) in [4.78, 5) is 88.4. The van der Waals surface area contributed by atoms with Crippen LogP contribution in [0.4, 0.5) is 0 Å². The van der Waals surface area contributed by atoms with Crippen molar-refractivity contribution in [3.63, 3.8) is 0 Å². The molecular weight excluding hydrogens is 552 g/mol. The van der Waals surface area contributed by atoms with E-state index in [1.54, 1.807) is 20.8 Å². The zero-order chi connectivity index (χ0) is 32.1. The van der Waals surface area contributed by atoms with Crippen molar-refractivity contribution in [2.45, 2.75) is 103 Å². The zero-order valence-corrected chi connectivity index (χ0v) is 25.0. The number of carboxylic acids is 2. The predicted molar refractivity (Wildman–Crippen MR) is 151 cm³/mol. The Morgan fingerprint density at radius 1 is 0.857 bits per heavy atom. The number of nitrogens with two attached hydrogens (primary N) is 1. The van der Waals surface area contributed by atoms with Gasteiger partial charge in [0.05, 0.1) is 6.54 Å². The first-order valence-electron chi connectivity index (χ1n) is 14.3. The fourth-order valence-electron chi connectivity index (χ4n) is 4.56. The molecule has 0 bridgehead atoms. The molecule has 15 nitrogen and oxygen atoms in total. The molecule has 0 spiro atoms. The molecule has 238 valence electrons. The van der Waals surface area contributed by atoms with E-state index in [1.165, 1.54) is 11.8 Å². The number of rotatable bonds is 17. The first-order valence-corrected chi connectivity index (χ1v) is 14.3. The molecule has 1 aliphatic heterocycles. The average Bonchev–Trinajstić information content (AvgIpc) is 3.44. The monoisotopic (exact) mass is 598 g/mol. The van der Waals surface area contributed by atoms with Gasteiger partial charge in [-0.2, -0.15) is 0 Å². The summed E-state index contributed by atoms with van der Waals surface area (Å²) in [6.07, 6.45) is 1.18. The fraction of sp³-hybridized carbons (Fsp3) is 0.741. The number of nitrogens with zero attached hydrogens (tertiary/aromatic N) is 1. The smallest absolute Gasteiger partial charge is 0.326 e. The van der Waals surface area contributed by atoms with Gasteiger partial charge in [0.2, 0.25) is 29.5 Å². The molecule has 0 saturated carbocycles. The quantitative estimate of drug-likeness (QED) is 0.107. The number of aliphatic carboxylic acids is 2. The minimum absolute atomic E-state index is 0.192. The maximum Gasteiger partial charge on any atom is 0.326 e. The maximum atomic E-state index is 13.4. The molecule has 0 radical (unpaired) electrons. The molecule has 8 N–H and O–H groups in total. The molecule has 1 heterocycles. The van der Waals surface area contributed by atoms with Gasteiger partial charge in [0.1, 0.15) is 30.2 Å². The number of hydrogen-bond donors (Lipinski definition) is 7. The summed E-state index contributed by atoms with van der Waals surface area (Å²) in [5.74, 6) is -6.28. The Morgan fingerprint density at radius 2 is 1.45 bits per heavy atom. The number of nitrogens with one attached hydrogen (secondary N) is 4. The molecule has 0 aromatic rings. The third kappa shape index (κ3) is 10.6. The van der Waals surface area contributed by atoms with Gasteiger partial charge >= 0.3 is 11.9 Å². The van der Waals surface area contributed by atoms with Gasteiger partial charge in [-0.05, 0) is 38.0 Å². The van der Waals surface area contributed by atoms with Gasteiger partial charge in [0.15, 0.2) is 0 Å². The Kier molecular flexibility index (Phi) is 14.9. The third-order valence-electron chi connectivity index (χ3n) is 7.63. The molecule has 1 rings (SSSR count). The van der Waals surface area contributed by atoms with E-state index in [2.05, 4.69) is 21.3 Å². The molecular formula is C27H46N6O9. The van der Waals surface area contributed by atoms with Gasteiger partial charge in [-0.3, -0.25) is 28.8 Å². The summed E-state index contributed by atoms with van der Waals surface area (Å²) in [6, 6.07) is -5.46. The highest BCUT2D eigenvalue weighted by atomic mass is 16.4. The third-order valence-corrected chi connectivity index (χ3v) is 7.63. The van der Waals surface area contributed by atoms with Crippen molar-refractivity contribution >= 4 is 41.5 Å². The lowest BCUT2D eigenvalue weighted by molar-refractivity contribution is -0.144. The Labute approximate surface area is 245 Å². The Hall–Kier alpha value is -3.75. The Bertz CT molecular complexity index is 1010. The first kappa shape index (κ1) is 36.3. The van der Waals surface area contributed by atoms with Crippen molar-refractivity contribution in [3.8, 4) is 0 Å². The second kappa shape index (κ2) is 17.3. The van der Waals surface area contributed by atoms with Crippen LogP contribution in [0.2, 0.25) is 0 Å². The van der Waals surface area contributed by atoms with Crippen LogP contribution in [0.15, 0.2) is 0 Å². The van der Waals surface area contributed by atoms with E-state index in [-0.39, 0.29) is 31.2 Å². The molecule has 1 saturated heterocycles. The Balaban J connectivity index is 3.03. The van der Waals surface area contributed by atoms with E-state index in [1.807, 2.05) is 6.92 Å². The highest BCUT2D eigenvalue weighted by Crippen LogP contribution is 2.21. The number of likely N-dealkylation sites (tertiary alicyclic amines) is 1. The van der Waals surface area contributed by atoms with E-state index in [9.17, 15) is 38.7 Å². The molecule has 1 aliphatic rings. The van der Waals surface area contributed by atoms with Crippen molar-refractivity contribution in [1.29, 1.82) is 0 Å². The van der Waals surface area contributed by atoms with Gasteiger partial charge in [-0.25, -0.2) is 4.79 Å². The molecule has 1 fully saturated rings. The van der Waals surface area contributed by atoms with Crippen LogP contribution in [-0.4, -0.2) is 99.9 Å². The number of carbonyl (C=O) groups is 7. The topological polar surface area (TPSA) is 237 Å². The lowest BCUT2D eigenvalue weighted by Gasteiger charge is -2.31. The van der Waals surface area contributed by atoms with Crippen molar-refractivity contribution in [2.75, 3.05) is 13.1 Å². The first-order chi connectivity index (χ1) is 19.7. The van der Waals surface area contributed by atoms with E-state index in [0.29, 0.717) is 19.3 Å². The highest BCUT2D eigenvalue weighted by Gasteiger charge is 2.40. The maximum absolute atomic E-state index is 13.4. The number of amides is 5. The van der Waals surface area contributed by atoms with Crippen LogP contribution in [0.5, 0.6) is 0 Å². The van der Waals surface area contributed by atoms with Crippen LogP contribution in [0, 0.1) is 11.8 Å². The van der Waals surface area contributed by atoms with Crippen LogP contribution in [0.1, 0.15) is 73.1 Å². The molecule has 0 aliphatic carbocycles. The van der Waals surface area contributed by atoms with Gasteiger partial charge in [0, 0.05) is 13.0 Å². The van der Waals surface area contributed by atoms with Crippen LogP contribution in [0.3, 0.4) is 0 Å². The standard InChI is InChI=1S/C27H46N6O9/c1-6-14(3)21(25(39)29-16(5)23(37)32-22(27(41)42)15(4)7-2)31-24(38)18-9-8-12-33(18)26(40)17(10-11-20(35)36)30-19(34)13-28/h14-18,21-22H,6-13,28H2,1-5H3,(H,29,39)(H,30,34)(H,31,38)(H,32,37)(H,35,36)(H,41,42)/t14-,15-,16-,17-,18-,21-,22-/m0/s1. The van der Waals surface area contributed by atoms with Crippen LogP contribution < -0.4 is 27.0 Å². The molecule has 7 atom stereocenters. The number of hydrogen-bond acceptors (Lipinski definition) is 8. The molecule has 0 aromatic carbocycles. The van der Waals surface area contributed by atoms with Crippen LogP contribution in [0.25, 0.3) is 0 Å². The molecule has 42 heavy (non-hydrogen) atoms. The van der Waals surface area contributed by atoms with Crippen molar-refractivity contribution in [3.05, 3.63) is 0 Å². The summed E-state index contributed by atoms with van der Waals surface area (Å²) in [6.45, 7) is 8.23. The summed E-state index contributed by atoms with van der Waals surface area (Å²) in [7, 11) is 0. The second-order valence-corrected chi connectivity index (χ2v) is 10.8. The normalized spacial score (nSPS) is 18.9. The van der Waals surface area contributed by atoms with E-state index < -0.39 is 84.6 Å². The number of carboxylic acid groups (broad SMARTS) is 2. The molecule has 0 aromatic heterocycles. The largest absolute Gasteiger partial charge is 0.481 e. The van der Waals surface area contributed by atoms with Crippen LogP contribution in [-0.2, 0) is 33.6 Å². The van der Waals surface area contributed by atoms with Gasteiger partial charge in [0.25, 0.3) is 0 Å². The highest BCUT2D eigenvalue weighted by molar-refractivity contribution is 5.96. The fourth-order valence-corrected chi connectivity index (χ4v) is 4.56. The van der Waals surface area contributed by atoms with Crippen LogP contribution >= 0.6 is 0 Å². The lowest BCUT2D eigenvalue weighted by Crippen LogP contribution is -2.59. The summed E-state index contributed by atoms with van der Waals surface area (Å²) in [5.41, 5.74) is 5.33. The molecule has 15 heteroatoms. The zero-order valence-electron chi connectivity index (χ0n) is 25.0. The van der Waals surface area contributed by atoms with Crippen molar-refractivity contribution < 1.29 is 43.8 Å². The van der Waals surface area contributed by atoms with Crippen molar-refractivity contribution in [2.24, 2.45) is 17.6 Å². The predicted octanol–water partition coefficient (Wildman–Crippen LogP) is -1.06. The van der Waals surface area contributed by atoms with Gasteiger partial charge in [-0.1, -0.05) is 40.5 Å². The summed E-state index contributed by atoms with van der Waals surface area (Å²) < 4.78 is 0. The lowest BCUT2D eigenvalue weighted by atomic mass is 9.97. The minimum Gasteiger partial charge on any atom is -0.481 e. The van der Waals surface area contributed by atoms with E-state index in [4.69, 9.17) is 10.8 Å². The van der Waals surface area contributed by atoms with Gasteiger partial charge < -0.3 is 42.1 Å². The van der Waals surface area contributed by atoms with E-state index >= 15 is 0 Å². The molecule has 0 unspecified atom stereocenters. The SMILES string of the molecule is CC[C@H](C)[C@H](NC(=O)[C@H](C)NC(=O)[C@@H](NC(=O)[C@@H]1CCCN1C(=O)[C@H](CCC(=O)O)NC(=O)CN)[C@@H](C)CC)C(=O)O. The molecule has 5 amide bonds. The van der Waals surface area contributed by atoms with Crippen molar-refractivity contribution in [1.82, 2.24) is 26.2 Å². The summed E-state index contributed by atoms with van der Waals surface area (Å²) in [5, 5.41) is 28.6. The average molecular weight is 599 g/mol. The minimum atomic E-state index is -1.19.